The second kappa shape index (κ2) is 6.81. The van der Waals surface area contributed by atoms with Crippen LogP contribution in [-0.2, 0) is 4.74 Å². The van der Waals surface area contributed by atoms with Crippen LogP contribution in [0.25, 0.3) is 0 Å². The summed E-state index contributed by atoms with van der Waals surface area (Å²) in [6, 6.07) is 0. The van der Waals surface area contributed by atoms with Crippen molar-refractivity contribution in [1.29, 1.82) is 0 Å². The molecule has 0 aliphatic rings. The van der Waals surface area contributed by atoms with Crippen LogP contribution in [0.3, 0.4) is 0 Å². The van der Waals surface area contributed by atoms with Gasteiger partial charge in [-0.1, -0.05) is 20.8 Å². The maximum absolute atomic E-state index is 5.57. The monoisotopic (exact) mass is 243 g/mol. The van der Waals surface area contributed by atoms with Gasteiger partial charge < -0.3 is 10.1 Å². The molecule has 4 nitrogen and oxygen atoms in total. The maximum atomic E-state index is 5.57. The summed E-state index contributed by atoms with van der Waals surface area (Å²) in [5.41, 5.74) is 0. The molecule has 0 aromatic carbocycles. The molecular weight excluding hydrogens is 222 g/mol. The Morgan fingerprint density at radius 1 is 1.38 bits per heavy atom. The molecule has 0 bridgehead atoms. The van der Waals surface area contributed by atoms with Gasteiger partial charge in [-0.3, -0.25) is 0 Å². The molecule has 0 saturated heterocycles. The predicted octanol–water partition coefficient (Wildman–Crippen LogP) is 3.09. The Bertz CT molecular complexity index is 301. The largest absolute Gasteiger partial charge is 0.370 e. The highest BCUT2D eigenvalue weighted by Gasteiger charge is 2.15. The van der Waals surface area contributed by atoms with Crippen LogP contribution in [0.4, 0.5) is 5.13 Å². The first-order valence-electron chi connectivity index (χ1n) is 5.86. The summed E-state index contributed by atoms with van der Waals surface area (Å²) in [7, 11) is 0. The second-order valence-electron chi connectivity index (χ2n) is 4.08. The van der Waals surface area contributed by atoms with E-state index in [1.807, 2.05) is 6.92 Å². The molecule has 1 rings (SSSR count). The molecule has 0 spiro atoms. The molecule has 1 aromatic heterocycles. The summed E-state index contributed by atoms with van der Waals surface area (Å²) in [4.78, 5) is 4.44. The van der Waals surface area contributed by atoms with E-state index in [0.717, 1.165) is 23.9 Å². The number of ether oxygens (including phenoxy) is 1. The Kier molecular flexibility index (Phi) is 5.69. The van der Waals surface area contributed by atoms with E-state index in [4.69, 9.17) is 4.74 Å². The normalized spacial score (nSPS) is 13.1. The fourth-order valence-corrected chi connectivity index (χ4v) is 1.93. The fourth-order valence-electron chi connectivity index (χ4n) is 1.31. The van der Waals surface area contributed by atoms with Crippen molar-refractivity contribution in [2.45, 2.75) is 40.2 Å². The number of anilines is 1. The lowest BCUT2D eigenvalue weighted by molar-refractivity contribution is 0.0544. The highest BCUT2D eigenvalue weighted by atomic mass is 32.1. The number of aromatic nitrogens is 2. The lowest BCUT2D eigenvalue weighted by Crippen LogP contribution is -2.08. The van der Waals surface area contributed by atoms with Crippen LogP contribution in [0.1, 0.15) is 46.0 Å². The standard InChI is InChI=1S/C11H21N3OS/c1-5-9(15-6-2)10-13-11(16-14-10)12-7-8(3)4/h8-9H,5-7H2,1-4H3,(H,12,13,14). The first-order chi connectivity index (χ1) is 7.67. The zero-order valence-electron chi connectivity index (χ0n) is 10.5. The summed E-state index contributed by atoms with van der Waals surface area (Å²) < 4.78 is 9.90. The topological polar surface area (TPSA) is 47.0 Å². The van der Waals surface area contributed by atoms with E-state index in [1.165, 1.54) is 11.5 Å². The Morgan fingerprint density at radius 2 is 2.12 bits per heavy atom. The molecule has 0 radical (unpaired) electrons. The molecule has 0 aliphatic heterocycles. The van der Waals surface area contributed by atoms with Crippen LogP contribution in [0.2, 0.25) is 0 Å². The third-order valence-corrected chi connectivity index (χ3v) is 2.82. The van der Waals surface area contributed by atoms with Crippen molar-refractivity contribution in [2.75, 3.05) is 18.5 Å². The molecule has 1 heterocycles. The van der Waals surface area contributed by atoms with Gasteiger partial charge in [-0.2, -0.15) is 4.37 Å². The summed E-state index contributed by atoms with van der Waals surface area (Å²) in [6.07, 6.45) is 0.949. The minimum absolute atomic E-state index is 0.0378. The zero-order chi connectivity index (χ0) is 12.0. The smallest absolute Gasteiger partial charge is 0.202 e. The van der Waals surface area contributed by atoms with E-state index in [1.54, 1.807) is 0 Å². The van der Waals surface area contributed by atoms with Crippen molar-refractivity contribution in [2.24, 2.45) is 5.92 Å². The highest BCUT2D eigenvalue weighted by molar-refractivity contribution is 7.09. The second-order valence-corrected chi connectivity index (χ2v) is 4.84. The van der Waals surface area contributed by atoms with E-state index in [0.29, 0.717) is 12.5 Å². The molecule has 1 aromatic rings. The average molecular weight is 243 g/mol. The van der Waals surface area contributed by atoms with Crippen molar-refractivity contribution in [1.82, 2.24) is 9.36 Å². The fraction of sp³-hybridized carbons (Fsp3) is 0.818. The summed E-state index contributed by atoms with van der Waals surface area (Å²) >= 11 is 1.41. The lowest BCUT2D eigenvalue weighted by Gasteiger charge is -2.10. The number of hydrogen-bond acceptors (Lipinski definition) is 5. The first-order valence-corrected chi connectivity index (χ1v) is 6.63. The lowest BCUT2D eigenvalue weighted by atomic mass is 10.2. The minimum atomic E-state index is 0.0378. The number of hydrogen-bond donors (Lipinski definition) is 1. The minimum Gasteiger partial charge on any atom is -0.370 e. The first kappa shape index (κ1) is 13.4. The number of nitrogens with one attached hydrogen (secondary N) is 1. The molecule has 1 atom stereocenters. The number of rotatable bonds is 7. The Hall–Kier alpha value is -0.680. The molecule has 92 valence electrons. The van der Waals surface area contributed by atoms with Gasteiger partial charge in [-0.05, 0) is 19.3 Å². The van der Waals surface area contributed by atoms with E-state index in [2.05, 4.69) is 35.4 Å². The van der Waals surface area contributed by atoms with Crippen molar-refractivity contribution in [3.63, 3.8) is 0 Å². The summed E-state index contributed by atoms with van der Waals surface area (Å²) in [5, 5.41) is 4.17. The van der Waals surface area contributed by atoms with Gasteiger partial charge in [0.1, 0.15) is 6.10 Å². The Balaban J connectivity index is 2.55. The highest BCUT2D eigenvalue weighted by Crippen LogP contribution is 2.22. The van der Waals surface area contributed by atoms with Crippen molar-refractivity contribution >= 4 is 16.7 Å². The number of nitrogens with zero attached hydrogens (tertiary/aromatic N) is 2. The molecule has 0 saturated carbocycles. The Labute approximate surface area is 102 Å². The van der Waals surface area contributed by atoms with Gasteiger partial charge in [0, 0.05) is 24.7 Å². The van der Waals surface area contributed by atoms with Gasteiger partial charge in [0.2, 0.25) is 5.13 Å². The average Bonchev–Trinajstić information content (AvgIpc) is 2.71. The van der Waals surface area contributed by atoms with Crippen molar-refractivity contribution < 1.29 is 4.74 Å². The molecule has 1 N–H and O–H groups in total. The molecular formula is C11H21N3OS. The van der Waals surface area contributed by atoms with Crippen molar-refractivity contribution in [3.8, 4) is 0 Å². The van der Waals surface area contributed by atoms with Gasteiger partial charge in [0.25, 0.3) is 0 Å². The van der Waals surface area contributed by atoms with E-state index >= 15 is 0 Å². The predicted molar refractivity (Wildman–Crippen MR) is 67.9 cm³/mol. The van der Waals surface area contributed by atoms with Crippen LogP contribution >= 0.6 is 11.5 Å². The van der Waals surface area contributed by atoms with Crippen LogP contribution in [0.5, 0.6) is 0 Å². The van der Waals surface area contributed by atoms with Gasteiger partial charge in [-0.25, -0.2) is 4.98 Å². The van der Waals surface area contributed by atoms with E-state index in [-0.39, 0.29) is 6.10 Å². The molecule has 5 heteroatoms. The Morgan fingerprint density at radius 3 is 2.69 bits per heavy atom. The van der Waals surface area contributed by atoms with Crippen LogP contribution in [0, 0.1) is 5.92 Å². The SMILES string of the molecule is CCOC(CC)c1nsc(NCC(C)C)n1. The van der Waals surface area contributed by atoms with E-state index in [9.17, 15) is 0 Å². The molecule has 0 aliphatic carbocycles. The maximum Gasteiger partial charge on any atom is 0.202 e. The van der Waals surface area contributed by atoms with Gasteiger partial charge >= 0.3 is 0 Å². The summed E-state index contributed by atoms with van der Waals surface area (Å²) in [5.74, 6) is 1.42. The van der Waals surface area contributed by atoms with Crippen LogP contribution in [0.15, 0.2) is 0 Å². The van der Waals surface area contributed by atoms with Gasteiger partial charge in [-0.15, -0.1) is 0 Å². The van der Waals surface area contributed by atoms with Crippen LogP contribution in [-0.4, -0.2) is 22.5 Å². The summed E-state index contributed by atoms with van der Waals surface area (Å²) in [6.45, 7) is 10.1. The quantitative estimate of drug-likeness (QED) is 0.799. The third kappa shape index (κ3) is 4.06. The van der Waals surface area contributed by atoms with Crippen LogP contribution < -0.4 is 5.32 Å². The molecule has 1 unspecified atom stereocenters. The molecule has 0 fully saturated rings. The van der Waals surface area contributed by atoms with Gasteiger partial charge in [0.15, 0.2) is 5.82 Å². The zero-order valence-corrected chi connectivity index (χ0v) is 11.3. The molecule has 16 heavy (non-hydrogen) atoms. The van der Waals surface area contributed by atoms with Crippen molar-refractivity contribution in [3.05, 3.63) is 5.82 Å². The van der Waals surface area contributed by atoms with Gasteiger partial charge in [0.05, 0.1) is 0 Å². The third-order valence-electron chi connectivity index (χ3n) is 2.13. The molecule has 0 amide bonds. The van der Waals surface area contributed by atoms with E-state index < -0.39 is 0 Å².